The Bertz CT molecular complexity index is 551. The molecule has 1 aromatic carbocycles. The first-order valence-electron chi connectivity index (χ1n) is 6.42. The van der Waals surface area contributed by atoms with Gasteiger partial charge in [0.1, 0.15) is 0 Å². The number of halogens is 2. The zero-order valence-corrected chi connectivity index (χ0v) is 15.0. The Morgan fingerprint density at radius 2 is 2.00 bits per heavy atom. The predicted octanol–water partition coefficient (Wildman–Crippen LogP) is 5.53. The van der Waals surface area contributed by atoms with Crippen LogP contribution in [0, 0.1) is 0 Å². The van der Waals surface area contributed by atoms with Crippen molar-refractivity contribution in [2.24, 2.45) is 0 Å². The first-order valence-corrected chi connectivity index (χ1v) is 8.82. The number of thiophene rings is 1. The molecule has 0 aliphatic heterocycles. The molecule has 1 unspecified atom stereocenters. The lowest BCUT2D eigenvalue weighted by atomic mass is 9.98. The molecule has 4 heteroatoms. The molecule has 2 rings (SSSR count). The smallest absolute Gasteiger partial charge is 0.0761 e. The molecular formula is C15H17Br2NS. The second-order valence-electron chi connectivity index (χ2n) is 4.37. The lowest BCUT2D eigenvalue weighted by molar-refractivity contribution is 0.630. The maximum Gasteiger partial charge on any atom is 0.0761 e. The molecule has 102 valence electrons. The van der Waals surface area contributed by atoms with E-state index in [0.717, 1.165) is 16.8 Å². The van der Waals surface area contributed by atoms with Crippen LogP contribution in [-0.2, 0) is 6.42 Å². The van der Waals surface area contributed by atoms with Crippen molar-refractivity contribution in [1.82, 2.24) is 5.32 Å². The summed E-state index contributed by atoms with van der Waals surface area (Å²) in [6.07, 6.45) is 1.07. The van der Waals surface area contributed by atoms with Crippen molar-refractivity contribution in [3.8, 4) is 0 Å². The van der Waals surface area contributed by atoms with E-state index in [9.17, 15) is 0 Å². The van der Waals surface area contributed by atoms with Gasteiger partial charge in [-0.25, -0.2) is 0 Å². The van der Waals surface area contributed by atoms with E-state index in [0.29, 0.717) is 0 Å². The molecular weight excluding hydrogens is 386 g/mol. The molecule has 0 saturated carbocycles. The van der Waals surface area contributed by atoms with Gasteiger partial charge < -0.3 is 5.32 Å². The van der Waals surface area contributed by atoms with E-state index in [1.165, 1.54) is 20.5 Å². The number of rotatable bonds is 5. The van der Waals surface area contributed by atoms with Crippen LogP contribution >= 0.6 is 43.2 Å². The average Bonchev–Trinajstić information content (AvgIpc) is 2.75. The van der Waals surface area contributed by atoms with Crippen LogP contribution in [-0.4, -0.2) is 6.54 Å². The van der Waals surface area contributed by atoms with E-state index < -0.39 is 0 Å². The molecule has 0 radical (unpaired) electrons. The molecule has 1 atom stereocenters. The van der Waals surface area contributed by atoms with E-state index in [-0.39, 0.29) is 6.04 Å². The van der Waals surface area contributed by atoms with Gasteiger partial charge in [-0.15, -0.1) is 11.3 Å². The number of nitrogens with one attached hydrogen (secondary N) is 1. The maximum atomic E-state index is 3.67. The fourth-order valence-corrected chi connectivity index (χ4v) is 5.06. The predicted molar refractivity (Wildman–Crippen MR) is 91.1 cm³/mol. The second-order valence-corrected chi connectivity index (χ2v) is 8.12. The van der Waals surface area contributed by atoms with Gasteiger partial charge in [-0.1, -0.05) is 38.1 Å². The highest BCUT2D eigenvalue weighted by Crippen LogP contribution is 2.38. The molecule has 0 bridgehead atoms. The number of hydrogen-bond acceptors (Lipinski definition) is 2. The Hall–Kier alpha value is -0.160. The molecule has 1 heterocycles. The van der Waals surface area contributed by atoms with Crippen molar-refractivity contribution >= 4 is 43.2 Å². The highest BCUT2D eigenvalue weighted by Gasteiger charge is 2.18. The molecule has 1 aromatic heterocycles. The van der Waals surface area contributed by atoms with Crippen molar-refractivity contribution in [1.29, 1.82) is 0 Å². The van der Waals surface area contributed by atoms with E-state index in [4.69, 9.17) is 0 Å². The number of aryl methyl sites for hydroxylation is 1. The molecule has 1 N–H and O–H groups in total. The third-order valence-electron chi connectivity index (χ3n) is 3.09. The van der Waals surface area contributed by atoms with Crippen LogP contribution in [0.15, 0.2) is 37.9 Å². The van der Waals surface area contributed by atoms with Gasteiger partial charge in [-0.05, 0) is 67.6 Å². The quantitative estimate of drug-likeness (QED) is 0.692. The van der Waals surface area contributed by atoms with Gasteiger partial charge in [0.05, 0.1) is 13.6 Å². The van der Waals surface area contributed by atoms with E-state index in [2.05, 4.69) is 81.4 Å². The molecule has 0 spiro atoms. The van der Waals surface area contributed by atoms with Crippen molar-refractivity contribution in [2.75, 3.05) is 6.54 Å². The summed E-state index contributed by atoms with van der Waals surface area (Å²) in [5.74, 6) is 0. The third-order valence-corrected chi connectivity index (χ3v) is 5.48. The first kappa shape index (κ1) is 15.2. The van der Waals surface area contributed by atoms with Crippen LogP contribution in [0.3, 0.4) is 0 Å². The Morgan fingerprint density at radius 1 is 1.21 bits per heavy atom. The van der Waals surface area contributed by atoms with Crippen molar-refractivity contribution in [3.63, 3.8) is 0 Å². The standard InChI is InChI=1S/C15H17Br2NS/c1-3-10-6-5-7-11(8-10)14(18-4-2)12-9-13(16)19-15(12)17/h5-9,14,18H,3-4H2,1-2H3. The summed E-state index contributed by atoms with van der Waals surface area (Å²) >= 11 is 8.95. The summed E-state index contributed by atoms with van der Waals surface area (Å²) in [6, 6.07) is 11.3. The van der Waals surface area contributed by atoms with Crippen molar-refractivity contribution < 1.29 is 0 Å². The minimum atomic E-state index is 0.244. The number of benzene rings is 1. The van der Waals surface area contributed by atoms with Gasteiger partial charge in [-0.2, -0.15) is 0 Å². The molecule has 0 fully saturated rings. The van der Waals surface area contributed by atoms with Crippen LogP contribution < -0.4 is 5.32 Å². The molecule has 0 aliphatic rings. The molecule has 2 aromatic rings. The molecule has 0 saturated heterocycles. The zero-order valence-electron chi connectivity index (χ0n) is 11.0. The summed E-state index contributed by atoms with van der Waals surface area (Å²) in [5.41, 5.74) is 4.00. The summed E-state index contributed by atoms with van der Waals surface area (Å²) in [7, 11) is 0. The van der Waals surface area contributed by atoms with E-state index >= 15 is 0 Å². The Morgan fingerprint density at radius 3 is 2.58 bits per heavy atom. The van der Waals surface area contributed by atoms with Gasteiger partial charge in [0.2, 0.25) is 0 Å². The highest BCUT2D eigenvalue weighted by atomic mass is 79.9. The van der Waals surface area contributed by atoms with Crippen LogP contribution in [0.2, 0.25) is 0 Å². The summed E-state index contributed by atoms with van der Waals surface area (Å²) in [5, 5.41) is 3.58. The summed E-state index contributed by atoms with van der Waals surface area (Å²) in [4.78, 5) is 0. The molecule has 0 aliphatic carbocycles. The molecule has 1 nitrogen and oxygen atoms in total. The lowest BCUT2D eigenvalue weighted by Gasteiger charge is -2.19. The fraction of sp³-hybridized carbons (Fsp3) is 0.333. The second kappa shape index (κ2) is 7.02. The largest absolute Gasteiger partial charge is 0.306 e. The first-order chi connectivity index (χ1) is 9.15. The SMILES string of the molecule is CCNC(c1cccc(CC)c1)c1cc(Br)sc1Br. The number of hydrogen-bond donors (Lipinski definition) is 1. The zero-order chi connectivity index (χ0) is 13.8. The minimum Gasteiger partial charge on any atom is -0.306 e. The normalized spacial score (nSPS) is 12.6. The lowest BCUT2D eigenvalue weighted by Crippen LogP contribution is -2.21. The van der Waals surface area contributed by atoms with Gasteiger partial charge in [0.15, 0.2) is 0 Å². The van der Waals surface area contributed by atoms with Crippen molar-refractivity contribution in [3.05, 3.63) is 54.6 Å². The average molecular weight is 403 g/mol. The fourth-order valence-electron chi connectivity index (χ4n) is 2.15. The van der Waals surface area contributed by atoms with E-state index in [1.54, 1.807) is 11.3 Å². The molecule has 19 heavy (non-hydrogen) atoms. The van der Waals surface area contributed by atoms with Crippen LogP contribution in [0.4, 0.5) is 0 Å². The highest BCUT2D eigenvalue weighted by molar-refractivity contribution is 9.12. The Labute approximate surface area is 135 Å². The minimum absolute atomic E-state index is 0.244. The maximum absolute atomic E-state index is 3.67. The van der Waals surface area contributed by atoms with Crippen LogP contribution in [0.25, 0.3) is 0 Å². The van der Waals surface area contributed by atoms with Crippen LogP contribution in [0.1, 0.15) is 36.6 Å². The van der Waals surface area contributed by atoms with Crippen LogP contribution in [0.5, 0.6) is 0 Å². The third kappa shape index (κ3) is 3.69. The van der Waals surface area contributed by atoms with Gasteiger partial charge in [0, 0.05) is 0 Å². The monoisotopic (exact) mass is 401 g/mol. The van der Waals surface area contributed by atoms with E-state index in [1.807, 2.05) is 0 Å². The molecule has 0 amide bonds. The topological polar surface area (TPSA) is 12.0 Å². The van der Waals surface area contributed by atoms with Gasteiger partial charge in [0.25, 0.3) is 0 Å². The van der Waals surface area contributed by atoms with Crippen molar-refractivity contribution in [2.45, 2.75) is 26.3 Å². The Kier molecular flexibility index (Phi) is 5.63. The Balaban J connectivity index is 2.41. The van der Waals surface area contributed by atoms with Gasteiger partial charge >= 0.3 is 0 Å². The summed E-state index contributed by atoms with van der Waals surface area (Å²) in [6.45, 7) is 5.28. The summed E-state index contributed by atoms with van der Waals surface area (Å²) < 4.78 is 2.34. The van der Waals surface area contributed by atoms with Gasteiger partial charge in [-0.3, -0.25) is 0 Å².